The summed E-state index contributed by atoms with van der Waals surface area (Å²) in [5.74, 6) is -0.942. The fourth-order valence-corrected chi connectivity index (χ4v) is 4.94. The Labute approximate surface area is 178 Å². The second kappa shape index (κ2) is 9.77. The molecule has 1 aliphatic carbocycles. The van der Waals surface area contributed by atoms with Crippen molar-refractivity contribution in [3.05, 3.63) is 51.4 Å². The zero-order valence-electron chi connectivity index (χ0n) is 16.4. The molecule has 0 spiro atoms. The van der Waals surface area contributed by atoms with E-state index in [-0.39, 0.29) is 12.2 Å². The number of hydrogen-bond acceptors (Lipinski definition) is 6. The number of aryl methyl sites for hydroxylation is 1. The molecule has 0 saturated heterocycles. The smallest absolute Gasteiger partial charge is 0.341 e. The normalized spacial score (nSPS) is 13.3. The Balaban J connectivity index is 1.88. The number of thioether (sulfide) groups is 1. The molecule has 0 fully saturated rings. The van der Waals surface area contributed by atoms with Gasteiger partial charge in [-0.2, -0.15) is 5.26 Å². The number of anilines is 1. The van der Waals surface area contributed by atoms with E-state index < -0.39 is 11.9 Å². The first kappa shape index (κ1) is 21.2. The molecule has 3 rings (SSSR count). The van der Waals surface area contributed by atoms with Crippen LogP contribution in [0.15, 0.2) is 34.7 Å². The van der Waals surface area contributed by atoms with Crippen LogP contribution < -0.4 is 5.32 Å². The molecular weight excluding hydrogens is 404 g/mol. The molecule has 29 heavy (non-hydrogen) atoms. The van der Waals surface area contributed by atoms with Crippen LogP contribution in [0.25, 0.3) is 6.08 Å². The first-order chi connectivity index (χ1) is 14.1. The average Bonchev–Trinajstić information content (AvgIpc) is 3.10. The molecule has 1 heterocycles. The number of amides is 1. The number of hydrogen-bond donors (Lipinski definition) is 1. The van der Waals surface area contributed by atoms with E-state index in [4.69, 9.17) is 4.74 Å². The number of thiophene rings is 1. The summed E-state index contributed by atoms with van der Waals surface area (Å²) >= 11 is 3.04. The van der Waals surface area contributed by atoms with Gasteiger partial charge in [0.05, 0.1) is 12.2 Å². The number of carbonyl (C=O) groups is 2. The maximum atomic E-state index is 12.8. The van der Waals surface area contributed by atoms with Crippen LogP contribution in [-0.2, 0) is 22.4 Å². The predicted octanol–water partition coefficient (Wildman–Crippen LogP) is 5.07. The summed E-state index contributed by atoms with van der Waals surface area (Å²) in [6.07, 6.45) is 7.32. The second-order valence-electron chi connectivity index (χ2n) is 6.53. The van der Waals surface area contributed by atoms with Gasteiger partial charge in [0.25, 0.3) is 5.91 Å². The van der Waals surface area contributed by atoms with E-state index in [0.717, 1.165) is 46.6 Å². The maximum absolute atomic E-state index is 12.8. The Bertz CT molecular complexity index is 985. The standard InChI is InChI=1S/C22H22N2O3S2/c1-3-27-22(26)19-17-6-4-5-7-18(17)29-21(19)24-20(25)15(13-23)12-14-8-10-16(28-2)11-9-14/h8-12H,3-7H2,1-2H3,(H,24,25)/b15-12+. The molecule has 1 amide bonds. The van der Waals surface area contributed by atoms with Gasteiger partial charge in [0.2, 0.25) is 0 Å². The molecule has 0 atom stereocenters. The minimum absolute atomic E-state index is 0.0110. The maximum Gasteiger partial charge on any atom is 0.341 e. The van der Waals surface area contributed by atoms with Crippen LogP contribution in [0, 0.1) is 11.3 Å². The van der Waals surface area contributed by atoms with E-state index in [1.807, 2.05) is 36.6 Å². The Morgan fingerprint density at radius 3 is 2.66 bits per heavy atom. The third kappa shape index (κ3) is 4.89. The lowest BCUT2D eigenvalue weighted by molar-refractivity contribution is -0.112. The van der Waals surface area contributed by atoms with E-state index in [1.54, 1.807) is 24.8 Å². The SMILES string of the molecule is CCOC(=O)c1c(NC(=O)/C(C#N)=C/c2ccc(SC)cc2)sc2c1CCCC2. The van der Waals surface area contributed by atoms with Crippen molar-refractivity contribution < 1.29 is 14.3 Å². The van der Waals surface area contributed by atoms with E-state index >= 15 is 0 Å². The van der Waals surface area contributed by atoms with Gasteiger partial charge in [-0.05, 0) is 68.2 Å². The molecule has 0 radical (unpaired) electrons. The molecule has 1 N–H and O–H groups in total. The molecule has 0 unspecified atom stereocenters. The van der Waals surface area contributed by atoms with Crippen LogP contribution in [0.5, 0.6) is 0 Å². The lowest BCUT2D eigenvalue weighted by atomic mass is 9.95. The zero-order valence-corrected chi connectivity index (χ0v) is 18.0. The average molecular weight is 427 g/mol. The van der Waals surface area contributed by atoms with Crippen molar-refractivity contribution >= 4 is 46.1 Å². The fourth-order valence-electron chi connectivity index (χ4n) is 3.26. The monoisotopic (exact) mass is 426 g/mol. The molecule has 150 valence electrons. The quantitative estimate of drug-likeness (QED) is 0.302. The largest absolute Gasteiger partial charge is 0.462 e. The van der Waals surface area contributed by atoms with Crippen molar-refractivity contribution in [2.45, 2.75) is 37.5 Å². The Morgan fingerprint density at radius 1 is 1.28 bits per heavy atom. The van der Waals surface area contributed by atoms with Crippen molar-refractivity contribution in [3.63, 3.8) is 0 Å². The predicted molar refractivity (Wildman–Crippen MR) is 117 cm³/mol. The van der Waals surface area contributed by atoms with Gasteiger partial charge >= 0.3 is 5.97 Å². The van der Waals surface area contributed by atoms with Crippen LogP contribution in [0.3, 0.4) is 0 Å². The van der Waals surface area contributed by atoms with Crippen LogP contribution >= 0.6 is 23.1 Å². The topological polar surface area (TPSA) is 79.2 Å². The van der Waals surface area contributed by atoms with E-state index in [1.165, 1.54) is 11.3 Å². The van der Waals surface area contributed by atoms with Crippen molar-refractivity contribution in [2.24, 2.45) is 0 Å². The molecular formula is C22H22N2O3S2. The summed E-state index contributed by atoms with van der Waals surface area (Å²) in [5, 5.41) is 12.7. The van der Waals surface area contributed by atoms with Gasteiger partial charge in [0.15, 0.2) is 0 Å². The zero-order chi connectivity index (χ0) is 20.8. The lowest BCUT2D eigenvalue weighted by Crippen LogP contribution is -2.16. The highest BCUT2D eigenvalue weighted by molar-refractivity contribution is 7.98. The number of carbonyl (C=O) groups excluding carboxylic acids is 2. The minimum Gasteiger partial charge on any atom is -0.462 e. The number of fused-ring (bicyclic) bond motifs is 1. The molecule has 1 aliphatic rings. The minimum atomic E-state index is -0.523. The fraction of sp³-hybridized carbons (Fsp3) is 0.318. The van der Waals surface area contributed by atoms with Crippen LogP contribution in [0.2, 0.25) is 0 Å². The summed E-state index contributed by atoms with van der Waals surface area (Å²) < 4.78 is 5.21. The highest BCUT2D eigenvalue weighted by Gasteiger charge is 2.27. The van der Waals surface area contributed by atoms with Crippen molar-refractivity contribution in [2.75, 3.05) is 18.2 Å². The molecule has 0 aliphatic heterocycles. The van der Waals surface area contributed by atoms with Crippen molar-refractivity contribution in [1.29, 1.82) is 5.26 Å². The number of nitrogens with one attached hydrogen (secondary N) is 1. The summed E-state index contributed by atoms with van der Waals surface area (Å²) in [6.45, 7) is 2.03. The van der Waals surface area contributed by atoms with Gasteiger partial charge < -0.3 is 10.1 Å². The third-order valence-electron chi connectivity index (χ3n) is 4.67. The van der Waals surface area contributed by atoms with E-state index in [0.29, 0.717) is 10.6 Å². The number of esters is 1. The van der Waals surface area contributed by atoms with Crippen LogP contribution in [0.4, 0.5) is 5.00 Å². The van der Waals surface area contributed by atoms with Crippen LogP contribution in [0.1, 0.15) is 46.1 Å². The number of nitrogens with zero attached hydrogens (tertiary/aromatic N) is 1. The van der Waals surface area contributed by atoms with Gasteiger partial charge in [-0.25, -0.2) is 4.79 Å². The number of benzene rings is 1. The summed E-state index contributed by atoms with van der Waals surface area (Å²) in [6, 6.07) is 9.58. The Morgan fingerprint density at radius 2 is 2.00 bits per heavy atom. The van der Waals surface area contributed by atoms with E-state index in [2.05, 4.69) is 5.32 Å². The molecule has 2 aromatic rings. The van der Waals surface area contributed by atoms with E-state index in [9.17, 15) is 14.9 Å². The second-order valence-corrected chi connectivity index (χ2v) is 8.52. The molecule has 0 saturated carbocycles. The molecule has 7 heteroatoms. The number of nitriles is 1. The van der Waals surface area contributed by atoms with Crippen LogP contribution in [-0.4, -0.2) is 24.7 Å². The van der Waals surface area contributed by atoms with Gasteiger partial charge in [0.1, 0.15) is 16.6 Å². The first-order valence-electron chi connectivity index (χ1n) is 9.46. The van der Waals surface area contributed by atoms with Gasteiger partial charge in [-0.1, -0.05) is 12.1 Å². The Kier molecular flexibility index (Phi) is 7.13. The summed E-state index contributed by atoms with van der Waals surface area (Å²) in [7, 11) is 0. The highest BCUT2D eigenvalue weighted by atomic mass is 32.2. The van der Waals surface area contributed by atoms with Gasteiger partial charge in [-0.3, -0.25) is 4.79 Å². The van der Waals surface area contributed by atoms with Crippen molar-refractivity contribution in [1.82, 2.24) is 0 Å². The van der Waals surface area contributed by atoms with Gasteiger partial charge in [0, 0.05) is 9.77 Å². The summed E-state index contributed by atoms with van der Waals surface area (Å²) in [5.41, 5.74) is 2.18. The molecule has 1 aromatic carbocycles. The number of rotatable bonds is 6. The molecule has 0 bridgehead atoms. The summed E-state index contributed by atoms with van der Waals surface area (Å²) in [4.78, 5) is 27.5. The Hall–Kier alpha value is -2.56. The van der Waals surface area contributed by atoms with Gasteiger partial charge in [-0.15, -0.1) is 23.1 Å². The van der Waals surface area contributed by atoms with Crippen molar-refractivity contribution in [3.8, 4) is 6.07 Å². The lowest BCUT2D eigenvalue weighted by Gasteiger charge is -2.12. The molecule has 1 aromatic heterocycles. The molecule has 5 nitrogen and oxygen atoms in total. The first-order valence-corrected chi connectivity index (χ1v) is 11.5. The number of ether oxygens (including phenoxy) is 1. The third-order valence-corrected chi connectivity index (χ3v) is 6.62. The highest BCUT2D eigenvalue weighted by Crippen LogP contribution is 2.38.